The third-order valence-electron chi connectivity index (χ3n) is 1.03. The lowest BCUT2D eigenvalue weighted by Crippen LogP contribution is -1.97. The Morgan fingerprint density at radius 2 is 2.70 bits per heavy atom. The van der Waals surface area contributed by atoms with Crippen molar-refractivity contribution < 1.29 is 5.11 Å². The van der Waals surface area contributed by atoms with Crippen LogP contribution in [0.3, 0.4) is 0 Å². The average molecular weight is 138 g/mol. The Morgan fingerprint density at radius 1 is 1.90 bits per heavy atom. The van der Waals surface area contributed by atoms with Gasteiger partial charge in [0.25, 0.3) is 0 Å². The molecule has 52 valence electrons. The number of H-pyrrole nitrogens is 1. The number of hydrogen-bond acceptors (Lipinski definition) is 4. The summed E-state index contributed by atoms with van der Waals surface area (Å²) in [7, 11) is 0. The van der Waals surface area contributed by atoms with Crippen molar-refractivity contribution in [3.63, 3.8) is 0 Å². The van der Waals surface area contributed by atoms with Crippen molar-refractivity contribution in [2.24, 2.45) is 0 Å². The zero-order valence-electron chi connectivity index (χ0n) is 5.15. The molecule has 0 bridgehead atoms. The van der Waals surface area contributed by atoms with Gasteiger partial charge in [0, 0.05) is 0 Å². The molecule has 5 nitrogen and oxygen atoms in total. The number of hydrogen-bond donors (Lipinski definition) is 2. The van der Waals surface area contributed by atoms with E-state index >= 15 is 0 Å². The topological polar surface area (TPSA) is 85.6 Å². The number of aromatic amines is 1. The Hall–Kier alpha value is -1.41. The molecule has 10 heavy (non-hydrogen) atoms. The molecule has 1 atom stereocenters. The quantitative estimate of drug-likeness (QED) is 0.590. The highest BCUT2D eigenvalue weighted by Gasteiger charge is 2.08. The van der Waals surface area contributed by atoms with Gasteiger partial charge < -0.3 is 5.11 Å². The predicted octanol–water partition coefficient (Wildman–Crippen LogP) is -0.248. The van der Waals surface area contributed by atoms with E-state index in [1.54, 1.807) is 0 Å². The van der Waals surface area contributed by atoms with Gasteiger partial charge in [0.1, 0.15) is 12.4 Å². The lowest BCUT2D eigenvalue weighted by Gasteiger charge is -1.97. The van der Waals surface area contributed by atoms with E-state index in [2.05, 4.69) is 15.2 Å². The van der Waals surface area contributed by atoms with Gasteiger partial charge in [-0.1, -0.05) is 0 Å². The largest absolute Gasteiger partial charge is 0.384 e. The van der Waals surface area contributed by atoms with Gasteiger partial charge >= 0.3 is 0 Å². The monoisotopic (exact) mass is 138 g/mol. The van der Waals surface area contributed by atoms with Crippen LogP contribution in [0, 0.1) is 11.3 Å². The van der Waals surface area contributed by atoms with E-state index in [-0.39, 0.29) is 6.42 Å². The molecule has 0 aliphatic rings. The highest BCUT2D eigenvalue weighted by atomic mass is 16.3. The first-order valence-corrected chi connectivity index (χ1v) is 2.75. The first kappa shape index (κ1) is 6.71. The lowest BCUT2D eigenvalue weighted by atomic mass is 10.3. The van der Waals surface area contributed by atoms with E-state index in [0.29, 0.717) is 5.82 Å². The number of nitrogens with one attached hydrogen (secondary N) is 1. The molecule has 5 heteroatoms. The summed E-state index contributed by atoms with van der Waals surface area (Å²) >= 11 is 0. The molecule has 0 saturated heterocycles. The lowest BCUT2D eigenvalue weighted by molar-refractivity contribution is 0.173. The molecule has 0 aliphatic carbocycles. The Labute approximate surface area is 57.3 Å². The van der Waals surface area contributed by atoms with E-state index < -0.39 is 6.10 Å². The predicted molar refractivity (Wildman–Crippen MR) is 31.6 cm³/mol. The minimum atomic E-state index is -0.840. The fraction of sp³-hybridized carbons (Fsp3) is 0.400. The van der Waals surface area contributed by atoms with Crippen molar-refractivity contribution in [2.75, 3.05) is 0 Å². The summed E-state index contributed by atoms with van der Waals surface area (Å²) in [5.41, 5.74) is 0. The van der Waals surface area contributed by atoms with E-state index in [9.17, 15) is 0 Å². The maximum absolute atomic E-state index is 9.05. The van der Waals surface area contributed by atoms with Crippen LogP contribution in [0.5, 0.6) is 0 Å². The molecule has 0 fully saturated rings. The van der Waals surface area contributed by atoms with Crippen LogP contribution in [0.4, 0.5) is 0 Å². The molecule has 0 spiro atoms. The summed E-state index contributed by atoms with van der Waals surface area (Å²) < 4.78 is 0. The van der Waals surface area contributed by atoms with Crippen LogP contribution in [0.25, 0.3) is 0 Å². The summed E-state index contributed by atoms with van der Waals surface area (Å²) in [6.45, 7) is 0. The van der Waals surface area contributed by atoms with Crippen LogP contribution >= 0.6 is 0 Å². The van der Waals surface area contributed by atoms with Gasteiger partial charge in [-0.15, -0.1) is 0 Å². The fourth-order valence-corrected chi connectivity index (χ4v) is 0.559. The molecule has 2 N–H and O–H groups in total. The zero-order chi connectivity index (χ0) is 7.40. The third-order valence-corrected chi connectivity index (χ3v) is 1.03. The molecule has 1 rings (SSSR count). The first-order valence-electron chi connectivity index (χ1n) is 2.75. The second kappa shape index (κ2) is 2.94. The number of nitriles is 1. The van der Waals surface area contributed by atoms with Crippen molar-refractivity contribution in [1.29, 1.82) is 5.26 Å². The van der Waals surface area contributed by atoms with Gasteiger partial charge in [-0.25, -0.2) is 4.98 Å². The fourth-order valence-electron chi connectivity index (χ4n) is 0.559. The van der Waals surface area contributed by atoms with E-state index in [4.69, 9.17) is 10.4 Å². The Balaban J connectivity index is 2.61. The standard InChI is InChI=1S/C5H6N4O/c6-2-1-4(10)5-7-3-8-9-5/h3-4,10H,1H2,(H,7,8,9). The number of aromatic nitrogens is 3. The molecular weight excluding hydrogens is 132 g/mol. The van der Waals surface area contributed by atoms with Crippen molar-refractivity contribution in [1.82, 2.24) is 15.2 Å². The molecule has 0 aromatic carbocycles. The Morgan fingerprint density at radius 3 is 3.20 bits per heavy atom. The normalized spacial score (nSPS) is 12.4. The molecule has 0 amide bonds. The van der Waals surface area contributed by atoms with E-state index in [1.165, 1.54) is 6.33 Å². The summed E-state index contributed by atoms with van der Waals surface area (Å²) in [5.74, 6) is 0.335. The second-order valence-electron chi connectivity index (χ2n) is 1.75. The molecule has 0 saturated carbocycles. The van der Waals surface area contributed by atoms with Gasteiger partial charge in [-0.3, -0.25) is 5.10 Å². The number of aliphatic hydroxyl groups is 1. The molecule has 1 unspecified atom stereocenters. The third kappa shape index (κ3) is 1.30. The number of nitrogens with zero attached hydrogens (tertiary/aromatic N) is 3. The minimum Gasteiger partial charge on any atom is -0.384 e. The summed E-state index contributed by atoms with van der Waals surface area (Å²) in [4.78, 5) is 3.67. The van der Waals surface area contributed by atoms with Crippen LogP contribution in [0.2, 0.25) is 0 Å². The van der Waals surface area contributed by atoms with Crippen LogP contribution in [0.15, 0.2) is 6.33 Å². The summed E-state index contributed by atoms with van der Waals surface area (Å²) in [6.07, 6.45) is 0.484. The number of rotatable bonds is 2. The van der Waals surface area contributed by atoms with E-state index in [0.717, 1.165) is 0 Å². The van der Waals surface area contributed by atoms with Gasteiger partial charge in [0.15, 0.2) is 5.82 Å². The SMILES string of the molecule is N#CCC(O)c1ncn[nH]1. The highest BCUT2D eigenvalue weighted by Crippen LogP contribution is 2.07. The van der Waals surface area contributed by atoms with Crippen LogP contribution < -0.4 is 0 Å². The van der Waals surface area contributed by atoms with Crippen molar-refractivity contribution in [3.05, 3.63) is 12.2 Å². The van der Waals surface area contributed by atoms with Crippen LogP contribution in [-0.4, -0.2) is 20.3 Å². The molecule has 1 heterocycles. The van der Waals surface area contributed by atoms with Crippen molar-refractivity contribution in [3.8, 4) is 6.07 Å². The highest BCUT2D eigenvalue weighted by molar-refractivity contribution is 4.91. The molecule has 1 aromatic rings. The Kier molecular flexibility index (Phi) is 1.97. The van der Waals surface area contributed by atoms with Crippen LogP contribution in [-0.2, 0) is 0 Å². The second-order valence-corrected chi connectivity index (χ2v) is 1.75. The molecule has 1 aromatic heterocycles. The summed E-state index contributed by atoms with van der Waals surface area (Å²) in [6, 6.07) is 1.82. The molecule has 0 radical (unpaired) electrons. The number of aliphatic hydroxyl groups excluding tert-OH is 1. The molecule has 0 aliphatic heterocycles. The summed E-state index contributed by atoms with van der Waals surface area (Å²) in [5, 5.41) is 23.2. The van der Waals surface area contributed by atoms with Gasteiger partial charge in [-0.05, 0) is 0 Å². The van der Waals surface area contributed by atoms with Gasteiger partial charge in [0.05, 0.1) is 12.5 Å². The van der Waals surface area contributed by atoms with Gasteiger partial charge in [0.2, 0.25) is 0 Å². The average Bonchev–Trinajstić information content (AvgIpc) is 2.38. The van der Waals surface area contributed by atoms with E-state index in [1.807, 2.05) is 6.07 Å². The Bertz CT molecular complexity index is 224. The smallest absolute Gasteiger partial charge is 0.154 e. The zero-order valence-corrected chi connectivity index (χ0v) is 5.15. The van der Waals surface area contributed by atoms with Gasteiger partial charge in [-0.2, -0.15) is 10.4 Å². The maximum Gasteiger partial charge on any atom is 0.154 e. The molecular formula is C5H6N4O. The van der Waals surface area contributed by atoms with Crippen molar-refractivity contribution >= 4 is 0 Å². The minimum absolute atomic E-state index is 0.0369. The first-order chi connectivity index (χ1) is 4.84. The van der Waals surface area contributed by atoms with Crippen molar-refractivity contribution in [2.45, 2.75) is 12.5 Å². The van der Waals surface area contributed by atoms with Crippen LogP contribution in [0.1, 0.15) is 18.3 Å². The maximum atomic E-state index is 9.05.